The first-order valence-corrected chi connectivity index (χ1v) is 8.10. The minimum absolute atomic E-state index is 0.705. The highest BCUT2D eigenvalue weighted by Gasteiger charge is 2.08. The second-order valence-corrected chi connectivity index (χ2v) is 6.00. The molecule has 2 nitrogen and oxygen atoms in total. The van der Waals surface area contributed by atoms with E-state index < -0.39 is 0 Å². The van der Waals surface area contributed by atoms with Gasteiger partial charge in [0.25, 0.3) is 0 Å². The highest BCUT2D eigenvalue weighted by Crippen LogP contribution is 2.23. The molecule has 0 atom stereocenters. The van der Waals surface area contributed by atoms with Crippen molar-refractivity contribution >= 4 is 10.9 Å². The van der Waals surface area contributed by atoms with Crippen LogP contribution in [0, 0.1) is 6.92 Å². The molecule has 0 radical (unpaired) electrons. The number of hydrogen-bond acceptors (Lipinski definition) is 1. The van der Waals surface area contributed by atoms with Crippen LogP contribution in [0.4, 0.5) is 0 Å². The zero-order valence-corrected chi connectivity index (χ0v) is 13.3. The van der Waals surface area contributed by atoms with Crippen molar-refractivity contribution in [2.24, 2.45) is 5.73 Å². The molecule has 0 saturated heterocycles. The van der Waals surface area contributed by atoms with Crippen LogP contribution >= 0.6 is 0 Å². The Bertz CT molecular complexity index is 741. The van der Waals surface area contributed by atoms with Gasteiger partial charge in [-0.05, 0) is 56.0 Å². The Hall–Kier alpha value is -2.06. The van der Waals surface area contributed by atoms with E-state index in [2.05, 4.69) is 66.2 Å². The first kappa shape index (κ1) is 14.9. The Morgan fingerprint density at radius 2 is 1.82 bits per heavy atom. The first-order valence-electron chi connectivity index (χ1n) is 8.10. The minimum Gasteiger partial charge on any atom is -0.347 e. The van der Waals surface area contributed by atoms with E-state index in [0.29, 0.717) is 6.54 Å². The van der Waals surface area contributed by atoms with E-state index in [-0.39, 0.29) is 0 Å². The molecule has 2 N–H and O–H groups in total. The van der Waals surface area contributed by atoms with Crippen molar-refractivity contribution in [1.29, 1.82) is 0 Å². The maximum absolute atomic E-state index is 5.77. The predicted molar refractivity (Wildman–Crippen MR) is 94.2 cm³/mol. The number of hydrogen-bond donors (Lipinski definition) is 1. The van der Waals surface area contributed by atoms with Gasteiger partial charge in [0, 0.05) is 23.6 Å². The van der Waals surface area contributed by atoms with Crippen molar-refractivity contribution in [2.45, 2.75) is 32.7 Å². The van der Waals surface area contributed by atoms with E-state index in [4.69, 9.17) is 5.73 Å². The Morgan fingerprint density at radius 3 is 2.59 bits per heavy atom. The summed E-state index contributed by atoms with van der Waals surface area (Å²) < 4.78 is 2.39. The minimum atomic E-state index is 0.705. The maximum Gasteiger partial charge on any atom is 0.0483 e. The molecule has 0 unspecified atom stereocenters. The van der Waals surface area contributed by atoms with Crippen molar-refractivity contribution in [3.05, 3.63) is 71.4 Å². The van der Waals surface area contributed by atoms with Gasteiger partial charge in [-0.3, -0.25) is 0 Å². The predicted octanol–water partition coefficient (Wildman–Crippen LogP) is 4.08. The first-order chi connectivity index (χ1) is 10.8. The van der Waals surface area contributed by atoms with Crippen LogP contribution in [0.25, 0.3) is 10.9 Å². The van der Waals surface area contributed by atoms with E-state index in [9.17, 15) is 0 Å². The lowest BCUT2D eigenvalue weighted by atomic mass is 10.1. The molecule has 0 saturated carbocycles. The number of nitrogens with two attached hydrogens (primary N) is 1. The van der Waals surface area contributed by atoms with Crippen LogP contribution in [0.1, 0.15) is 23.1 Å². The summed E-state index contributed by atoms with van der Waals surface area (Å²) in [6, 6.07) is 17.4. The highest BCUT2D eigenvalue weighted by atomic mass is 15.0. The summed E-state index contributed by atoms with van der Waals surface area (Å²) in [5.41, 5.74) is 11.2. The topological polar surface area (TPSA) is 30.9 Å². The summed E-state index contributed by atoms with van der Waals surface area (Å²) in [5.74, 6) is 0. The lowest BCUT2D eigenvalue weighted by Gasteiger charge is -2.06. The fourth-order valence-corrected chi connectivity index (χ4v) is 3.12. The van der Waals surface area contributed by atoms with Crippen molar-refractivity contribution in [2.75, 3.05) is 6.54 Å². The Kier molecular flexibility index (Phi) is 4.59. The van der Waals surface area contributed by atoms with Gasteiger partial charge in [0.15, 0.2) is 0 Å². The molecule has 1 aromatic heterocycles. The Morgan fingerprint density at radius 1 is 1.00 bits per heavy atom. The second kappa shape index (κ2) is 6.80. The molecule has 0 amide bonds. The lowest BCUT2D eigenvalue weighted by Crippen LogP contribution is -2.02. The van der Waals surface area contributed by atoms with Gasteiger partial charge in [-0.25, -0.2) is 0 Å². The van der Waals surface area contributed by atoms with Crippen molar-refractivity contribution in [3.63, 3.8) is 0 Å². The molecule has 2 aromatic carbocycles. The van der Waals surface area contributed by atoms with Crippen LogP contribution < -0.4 is 5.73 Å². The molecule has 2 heteroatoms. The highest BCUT2D eigenvalue weighted by molar-refractivity contribution is 5.84. The number of nitrogens with zero attached hydrogens (tertiary/aromatic N) is 1. The fraction of sp³-hybridized carbons (Fsp3) is 0.300. The van der Waals surface area contributed by atoms with Gasteiger partial charge in [0.2, 0.25) is 0 Å². The zero-order chi connectivity index (χ0) is 15.4. The summed E-state index contributed by atoms with van der Waals surface area (Å²) in [7, 11) is 0. The van der Waals surface area contributed by atoms with E-state index >= 15 is 0 Å². The van der Waals surface area contributed by atoms with Gasteiger partial charge in [-0.2, -0.15) is 0 Å². The van der Waals surface area contributed by atoms with E-state index in [1.165, 1.54) is 27.6 Å². The van der Waals surface area contributed by atoms with Crippen LogP contribution in [-0.2, 0) is 19.4 Å². The van der Waals surface area contributed by atoms with Crippen LogP contribution in [0.15, 0.2) is 54.7 Å². The quantitative estimate of drug-likeness (QED) is 0.729. The summed E-state index contributed by atoms with van der Waals surface area (Å²) in [4.78, 5) is 0. The molecule has 0 bridgehead atoms. The molecule has 1 heterocycles. The van der Waals surface area contributed by atoms with E-state index in [1.54, 1.807) is 0 Å². The molecule has 22 heavy (non-hydrogen) atoms. The third-order valence-electron chi connectivity index (χ3n) is 4.24. The largest absolute Gasteiger partial charge is 0.347 e. The number of aryl methyl sites for hydroxylation is 3. The average molecular weight is 292 g/mol. The molecule has 0 aliphatic rings. The molecule has 3 aromatic rings. The van der Waals surface area contributed by atoms with Gasteiger partial charge in [0.05, 0.1) is 0 Å². The fourth-order valence-electron chi connectivity index (χ4n) is 3.12. The number of fused-ring (bicyclic) bond motifs is 1. The smallest absolute Gasteiger partial charge is 0.0483 e. The maximum atomic E-state index is 5.77. The molecule has 0 spiro atoms. The molecular weight excluding hydrogens is 268 g/mol. The summed E-state index contributed by atoms with van der Waals surface area (Å²) in [6.45, 7) is 3.91. The Labute approximate surface area is 132 Å². The molecule has 0 aliphatic carbocycles. The van der Waals surface area contributed by atoms with Gasteiger partial charge in [-0.15, -0.1) is 0 Å². The Balaban J connectivity index is 1.78. The third kappa shape index (κ3) is 3.23. The normalized spacial score (nSPS) is 11.2. The molecule has 3 rings (SSSR count). The van der Waals surface area contributed by atoms with Crippen LogP contribution in [0.3, 0.4) is 0 Å². The van der Waals surface area contributed by atoms with Crippen LogP contribution in [0.5, 0.6) is 0 Å². The standard InChI is InChI=1S/C20H24N2/c1-16-9-10-20-19(14-16)18(11-12-21)15-22(20)13-5-8-17-6-3-2-4-7-17/h2-4,6-7,9-10,14-15H,5,8,11-13,21H2,1H3. The molecule has 114 valence electrons. The number of aromatic nitrogens is 1. The van der Waals surface area contributed by atoms with Crippen LogP contribution in [0.2, 0.25) is 0 Å². The lowest BCUT2D eigenvalue weighted by molar-refractivity contribution is 0.660. The number of benzene rings is 2. The van der Waals surface area contributed by atoms with Gasteiger partial charge >= 0.3 is 0 Å². The van der Waals surface area contributed by atoms with E-state index in [0.717, 1.165) is 25.8 Å². The summed E-state index contributed by atoms with van der Waals surface area (Å²) in [6.07, 6.45) is 5.52. The summed E-state index contributed by atoms with van der Waals surface area (Å²) in [5, 5.41) is 1.37. The van der Waals surface area contributed by atoms with Crippen LogP contribution in [-0.4, -0.2) is 11.1 Å². The average Bonchev–Trinajstić information content (AvgIpc) is 2.86. The van der Waals surface area contributed by atoms with Gasteiger partial charge in [0.1, 0.15) is 0 Å². The molecule has 0 fully saturated rings. The van der Waals surface area contributed by atoms with E-state index in [1.807, 2.05) is 0 Å². The number of rotatable bonds is 6. The van der Waals surface area contributed by atoms with Gasteiger partial charge < -0.3 is 10.3 Å². The third-order valence-corrected chi connectivity index (χ3v) is 4.24. The van der Waals surface area contributed by atoms with Crippen molar-refractivity contribution < 1.29 is 0 Å². The van der Waals surface area contributed by atoms with Gasteiger partial charge in [-0.1, -0.05) is 42.0 Å². The summed E-state index contributed by atoms with van der Waals surface area (Å²) >= 11 is 0. The molecule has 0 aliphatic heterocycles. The van der Waals surface area contributed by atoms with Crippen molar-refractivity contribution in [3.8, 4) is 0 Å². The zero-order valence-electron chi connectivity index (χ0n) is 13.3. The molecular formula is C20H24N2. The monoisotopic (exact) mass is 292 g/mol. The SMILES string of the molecule is Cc1ccc2c(c1)c(CCN)cn2CCCc1ccccc1. The second-order valence-electron chi connectivity index (χ2n) is 6.00. The van der Waals surface area contributed by atoms with Crippen molar-refractivity contribution in [1.82, 2.24) is 4.57 Å².